The maximum Gasteiger partial charge on any atom is 0.273 e. The van der Waals surface area contributed by atoms with Crippen LogP contribution in [0.3, 0.4) is 0 Å². The summed E-state index contributed by atoms with van der Waals surface area (Å²) in [6.07, 6.45) is -0.0301. The lowest BCUT2D eigenvalue weighted by Crippen LogP contribution is -2.28. The van der Waals surface area contributed by atoms with Gasteiger partial charge in [0.05, 0.1) is 24.5 Å². The van der Waals surface area contributed by atoms with Gasteiger partial charge in [0.15, 0.2) is 0 Å². The van der Waals surface area contributed by atoms with Gasteiger partial charge < -0.3 is 10.1 Å². The third-order valence-corrected chi connectivity index (χ3v) is 3.53. The predicted octanol–water partition coefficient (Wildman–Crippen LogP) is 3.02. The lowest BCUT2D eigenvalue weighted by molar-refractivity contribution is -0.385. The Morgan fingerprint density at radius 1 is 1.22 bits per heavy atom. The number of benzene rings is 2. The van der Waals surface area contributed by atoms with Gasteiger partial charge in [0.1, 0.15) is 5.75 Å². The molecule has 0 saturated carbocycles. The van der Waals surface area contributed by atoms with Crippen LogP contribution in [0, 0.1) is 10.1 Å². The van der Waals surface area contributed by atoms with Crippen molar-refractivity contribution in [2.24, 2.45) is 0 Å². The van der Waals surface area contributed by atoms with Gasteiger partial charge in [-0.15, -0.1) is 0 Å². The number of nitro groups is 1. The molecule has 6 nitrogen and oxygen atoms in total. The zero-order valence-electron chi connectivity index (χ0n) is 13.0. The number of nitrogens with zero attached hydrogens (tertiary/aromatic N) is 1. The molecule has 6 heteroatoms. The minimum atomic E-state index is -0.477. The fourth-order valence-electron chi connectivity index (χ4n) is 2.28. The van der Waals surface area contributed by atoms with Crippen LogP contribution < -0.4 is 10.1 Å². The van der Waals surface area contributed by atoms with E-state index in [1.54, 1.807) is 25.3 Å². The third-order valence-electron chi connectivity index (χ3n) is 3.53. The monoisotopic (exact) mass is 314 g/mol. The Kier molecular flexibility index (Phi) is 5.30. The Morgan fingerprint density at radius 3 is 2.48 bits per heavy atom. The topological polar surface area (TPSA) is 81.5 Å². The number of nitro benzene ring substituents is 1. The van der Waals surface area contributed by atoms with Gasteiger partial charge >= 0.3 is 0 Å². The molecule has 1 atom stereocenters. The van der Waals surface area contributed by atoms with Crippen molar-refractivity contribution < 1.29 is 14.5 Å². The van der Waals surface area contributed by atoms with Crippen LogP contribution in [0.4, 0.5) is 5.69 Å². The van der Waals surface area contributed by atoms with Crippen molar-refractivity contribution >= 4 is 11.6 Å². The smallest absolute Gasteiger partial charge is 0.273 e. The van der Waals surface area contributed by atoms with Gasteiger partial charge in [-0.1, -0.05) is 30.3 Å². The molecule has 0 aliphatic heterocycles. The summed E-state index contributed by atoms with van der Waals surface area (Å²) in [5, 5.41) is 13.8. The molecule has 0 bridgehead atoms. The van der Waals surface area contributed by atoms with Gasteiger partial charge in [-0.2, -0.15) is 0 Å². The van der Waals surface area contributed by atoms with Crippen LogP contribution in [0.15, 0.2) is 48.5 Å². The number of carbonyl (C=O) groups is 1. The number of amides is 1. The van der Waals surface area contributed by atoms with Crippen molar-refractivity contribution in [3.63, 3.8) is 0 Å². The molecule has 0 radical (unpaired) electrons. The van der Waals surface area contributed by atoms with Gasteiger partial charge in [0.25, 0.3) is 5.69 Å². The van der Waals surface area contributed by atoms with E-state index in [2.05, 4.69) is 5.32 Å². The van der Waals surface area contributed by atoms with Crippen molar-refractivity contribution in [2.45, 2.75) is 19.4 Å². The van der Waals surface area contributed by atoms with Crippen LogP contribution in [-0.4, -0.2) is 17.9 Å². The zero-order valence-corrected chi connectivity index (χ0v) is 13.0. The normalized spacial score (nSPS) is 11.6. The van der Waals surface area contributed by atoms with Crippen molar-refractivity contribution in [1.29, 1.82) is 0 Å². The van der Waals surface area contributed by atoms with Crippen LogP contribution in [0.1, 0.15) is 24.1 Å². The molecule has 1 N–H and O–H groups in total. The molecule has 0 aliphatic carbocycles. The minimum absolute atomic E-state index is 0.0301. The summed E-state index contributed by atoms with van der Waals surface area (Å²) >= 11 is 0. The first-order chi connectivity index (χ1) is 11.0. The van der Waals surface area contributed by atoms with Crippen LogP contribution >= 0.6 is 0 Å². The van der Waals surface area contributed by atoms with E-state index in [4.69, 9.17) is 4.74 Å². The molecule has 0 spiro atoms. The highest BCUT2D eigenvalue weighted by Gasteiger charge is 2.17. The quantitative estimate of drug-likeness (QED) is 0.656. The Morgan fingerprint density at radius 2 is 1.87 bits per heavy atom. The number of hydrogen-bond acceptors (Lipinski definition) is 4. The number of ether oxygens (including phenoxy) is 1. The molecular formula is C17H18N2O4. The van der Waals surface area contributed by atoms with E-state index in [0.29, 0.717) is 5.56 Å². The van der Waals surface area contributed by atoms with Crippen LogP contribution in [0.25, 0.3) is 0 Å². The highest BCUT2D eigenvalue weighted by Crippen LogP contribution is 2.20. The highest BCUT2D eigenvalue weighted by atomic mass is 16.6. The average molecular weight is 314 g/mol. The number of para-hydroxylation sites is 1. The van der Waals surface area contributed by atoms with Crippen molar-refractivity contribution in [3.8, 4) is 5.75 Å². The van der Waals surface area contributed by atoms with Gasteiger partial charge in [-0.05, 0) is 24.6 Å². The average Bonchev–Trinajstić information content (AvgIpc) is 2.55. The third kappa shape index (κ3) is 4.29. The van der Waals surface area contributed by atoms with E-state index >= 15 is 0 Å². The van der Waals surface area contributed by atoms with Gasteiger partial charge in [-0.3, -0.25) is 14.9 Å². The summed E-state index contributed by atoms with van der Waals surface area (Å²) in [5.74, 6) is 0.481. The molecule has 0 fully saturated rings. The molecule has 2 aromatic rings. The molecule has 0 aliphatic rings. The number of hydrogen-bond donors (Lipinski definition) is 1. The minimum Gasteiger partial charge on any atom is -0.497 e. The molecule has 0 heterocycles. The molecule has 2 aromatic carbocycles. The SMILES string of the molecule is COc1ccc(C(C)NC(=O)Cc2ccccc2[N+](=O)[O-])cc1. The van der Waals surface area contributed by atoms with E-state index in [1.165, 1.54) is 6.07 Å². The van der Waals surface area contributed by atoms with E-state index < -0.39 is 4.92 Å². The van der Waals surface area contributed by atoms with Crippen LogP contribution in [0.2, 0.25) is 0 Å². The summed E-state index contributed by atoms with van der Waals surface area (Å²) in [5.41, 5.74) is 1.29. The molecule has 1 unspecified atom stereocenters. The standard InChI is InChI=1S/C17H18N2O4/c1-12(13-7-9-15(23-2)10-8-13)18-17(20)11-14-5-3-4-6-16(14)19(21)22/h3-10,12H,11H2,1-2H3,(H,18,20). The summed E-state index contributed by atoms with van der Waals surface area (Å²) in [6, 6.07) is 13.4. The Hall–Kier alpha value is -2.89. The second kappa shape index (κ2) is 7.40. The summed E-state index contributed by atoms with van der Waals surface area (Å²) in [7, 11) is 1.59. The lowest BCUT2D eigenvalue weighted by Gasteiger charge is -2.15. The highest BCUT2D eigenvalue weighted by molar-refractivity contribution is 5.80. The van der Waals surface area contributed by atoms with Crippen LogP contribution in [0.5, 0.6) is 5.75 Å². The number of carbonyl (C=O) groups excluding carboxylic acids is 1. The fraction of sp³-hybridized carbons (Fsp3) is 0.235. The number of rotatable bonds is 6. The lowest BCUT2D eigenvalue weighted by atomic mass is 10.1. The fourth-order valence-corrected chi connectivity index (χ4v) is 2.28. The molecule has 0 aromatic heterocycles. The summed E-state index contributed by atoms with van der Waals surface area (Å²) < 4.78 is 5.09. The number of methoxy groups -OCH3 is 1. The molecular weight excluding hydrogens is 296 g/mol. The largest absolute Gasteiger partial charge is 0.497 e. The summed E-state index contributed by atoms with van der Waals surface area (Å²) in [6.45, 7) is 1.86. The Labute approximate surface area is 134 Å². The van der Waals surface area contributed by atoms with Crippen LogP contribution in [-0.2, 0) is 11.2 Å². The van der Waals surface area contributed by atoms with Crippen molar-refractivity contribution in [1.82, 2.24) is 5.32 Å². The second-order valence-electron chi connectivity index (χ2n) is 5.12. The van der Waals surface area contributed by atoms with E-state index in [0.717, 1.165) is 11.3 Å². The Bertz CT molecular complexity index is 698. The first-order valence-corrected chi connectivity index (χ1v) is 7.17. The first kappa shape index (κ1) is 16.5. The zero-order chi connectivity index (χ0) is 16.8. The summed E-state index contributed by atoms with van der Waals surface area (Å²) in [4.78, 5) is 22.6. The van der Waals surface area contributed by atoms with E-state index in [9.17, 15) is 14.9 Å². The molecule has 1 amide bonds. The van der Waals surface area contributed by atoms with E-state index in [-0.39, 0.29) is 24.1 Å². The maximum absolute atomic E-state index is 12.1. The van der Waals surface area contributed by atoms with Gasteiger partial charge in [-0.25, -0.2) is 0 Å². The second-order valence-corrected chi connectivity index (χ2v) is 5.12. The molecule has 120 valence electrons. The van der Waals surface area contributed by atoms with Gasteiger partial charge in [0.2, 0.25) is 5.91 Å². The van der Waals surface area contributed by atoms with E-state index in [1.807, 2.05) is 31.2 Å². The molecule has 23 heavy (non-hydrogen) atoms. The first-order valence-electron chi connectivity index (χ1n) is 7.17. The Balaban J connectivity index is 2.03. The molecule has 2 rings (SSSR count). The molecule has 0 saturated heterocycles. The van der Waals surface area contributed by atoms with Gasteiger partial charge in [0, 0.05) is 11.6 Å². The van der Waals surface area contributed by atoms with Crippen molar-refractivity contribution in [3.05, 3.63) is 69.8 Å². The predicted molar refractivity (Wildman–Crippen MR) is 86.4 cm³/mol. The van der Waals surface area contributed by atoms with Crippen molar-refractivity contribution in [2.75, 3.05) is 7.11 Å². The number of nitrogens with one attached hydrogen (secondary N) is 1. The maximum atomic E-state index is 12.1.